The fourth-order valence-corrected chi connectivity index (χ4v) is 3.03. The average molecular weight is 394 g/mol. The molecule has 3 N–H and O–H groups in total. The van der Waals surface area contributed by atoms with Crippen LogP contribution in [0.5, 0.6) is 0 Å². The fourth-order valence-electron chi connectivity index (χ4n) is 2.85. The van der Waals surface area contributed by atoms with Crippen molar-refractivity contribution in [3.63, 3.8) is 0 Å². The number of benzene rings is 1. The first kappa shape index (κ1) is 20.8. The van der Waals surface area contributed by atoms with Gasteiger partial charge in [-0.15, -0.1) is 0 Å². The molecule has 2 amide bonds. The number of amides is 2. The number of halogens is 1. The van der Waals surface area contributed by atoms with Crippen molar-refractivity contribution in [1.82, 2.24) is 15.2 Å². The molecule has 27 heavy (non-hydrogen) atoms. The van der Waals surface area contributed by atoms with Gasteiger partial charge in [0.1, 0.15) is 17.8 Å². The topological polar surface area (TPSA) is 100 Å². The van der Waals surface area contributed by atoms with Gasteiger partial charge in [0, 0.05) is 23.0 Å². The van der Waals surface area contributed by atoms with Crippen molar-refractivity contribution < 1.29 is 19.5 Å². The highest BCUT2D eigenvalue weighted by Gasteiger charge is 2.26. The van der Waals surface area contributed by atoms with Crippen LogP contribution in [-0.2, 0) is 16.6 Å². The molecule has 2 aromatic rings. The summed E-state index contributed by atoms with van der Waals surface area (Å²) in [5.41, 5.74) is 1.23. The molecule has 1 aromatic heterocycles. The average Bonchev–Trinajstić information content (AvgIpc) is 2.89. The monoisotopic (exact) mass is 393 g/mol. The first-order chi connectivity index (χ1) is 12.6. The van der Waals surface area contributed by atoms with Gasteiger partial charge in [0.25, 0.3) is 5.91 Å². The number of aliphatic carboxylic acids is 1. The molecule has 0 aliphatic rings. The highest BCUT2D eigenvalue weighted by Crippen LogP contribution is 2.22. The second kappa shape index (κ2) is 8.43. The van der Waals surface area contributed by atoms with Crippen LogP contribution in [0.3, 0.4) is 0 Å². The molecule has 2 rings (SSSR count). The molecule has 0 aliphatic heterocycles. The van der Waals surface area contributed by atoms with Crippen molar-refractivity contribution in [3.05, 3.63) is 35.0 Å². The number of aromatic nitrogens is 1. The number of carbonyl (C=O) groups excluding carboxylic acids is 2. The number of fused-ring (bicyclic) bond motifs is 1. The summed E-state index contributed by atoms with van der Waals surface area (Å²) in [6, 6.07) is 5.17. The van der Waals surface area contributed by atoms with Crippen LogP contribution in [0.1, 0.15) is 37.7 Å². The zero-order valence-electron chi connectivity index (χ0n) is 15.7. The SMILES string of the molecule is CC(C)CC(NC(=O)c1cc2cc(Cl)ccc2n1C)C(=O)NC(C)C(=O)O. The van der Waals surface area contributed by atoms with Crippen molar-refractivity contribution in [2.45, 2.75) is 39.3 Å². The van der Waals surface area contributed by atoms with Crippen molar-refractivity contribution in [3.8, 4) is 0 Å². The zero-order valence-corrected chi connectivity index (χ0v) is 16.5. The molecule has 0 fully saturated rings. The van der Waals surface area contributed by atoms with Crippen LogP contribution in [0.4, 0.5) is 0 Å². The summed E-state index contributed by atoms with van der Waals surface area (Å²) in [7, 11) is 1.76. The van der Waals surface area contributed by atoms with E-state index < -0.39 is 29.9 Å². The van der Waals surface area contributed by atoms with Crippen molar-refractivity contribution in [2.75, 3.05) is 0 Å². The Morgan fingerprint density at radius 2 is 1.81 bits per heavy atom. The molecular formula is C19H24ClN3O4. The van der Waals surface area contributed by atoms with Gasteiger partial charge in [0.05, 0.1) is 0 Å². The number of aryl methyl sites for hydroxylation is 1. The summed E-state index contributed by atoms with van der Waals surface area (Å²) in [6.45, 7) is 5.22. The summed E-state index contributed by atoms with van der Waals surface area (Å²) in [5, 5.41) is 15.5. The molecule has 0 bridgehead atoms. The molecule has 1 aromatic carbocycles. The third kappa shape index (κ3) is 5.01. The van der Waals surface area contributed by atoms with Gasteiger partial charge in [-0.2, -0.15) is 0 Å². The number of carboxylic acids is 1. The molecule has 0 aliphatic carbocycles. The highest BCUT2D eigenvalue weighted by atomic mass is 35.5. The summed E-state index contributed by atoms with van der Waals surface area (Å²) in [4.78, 5) is 36.2. The van der Waals surface area contributed by atoms with Crippen LogP contribution in [0, 0.1) is 5.92 Å². The fraction of sp³-hybridized carbons (Fsp3) is 0.421. The maximum atomic E-state index is 12.8. The van der Waals surface area contributed by atoms with E-state index in [1.807, 2.05) is 19.9 Å². The molecule has 0 saturated carbocycles. The lowest BCUT2D eigenvalue weighted by Gasteiger charge is -2.21. The predicted molar refractivity (Wildman–Crippen MR) is 104 cm³/mol. The van der Waals surface area contributed by atoms with E-state index in [1.165, 1.54) is 6.92 Å². The van der Waals surface area contributed by atoms with E-state index in [0.29, 0.717) is 17.1 Å². The van der Waals surface area contributed by atoms with E-state index in [2.05, 4.69) is 10.6 Å². The molecule has 8 heteroatoms. The molecule has 2 unspecified atom stereocenters. The molecule has 0 radical (unpaired) electrons. The summed E-state index contributed by atoms with van der Waals surface area (Å²) in [5.74, 6) is -1.93. The van der Waals surface area contributed by atoms with Crippen molar-refractivity contribution >= 4 is 40.3 Å². The van der Waals surface area contributed by atoms with Crippen molar-refractivity contribution in [1.29, 1.82) is 0 Å². The Kier molecular flexibility index (Phi) is 6.49. The number of hydrogen-bond donors (Lipinski definition) is 3. The number of carboxylic acid groups (broad SMARTS) is 1. The summed E-state index contributed by atoms with van der Waals surface area (Å²) in [6.07, 6.45) is 0.389. The quantitative estimate of drug-likeness (QED) is 0.673. The Morgan fingerprint density at radius 1 is 1.15 bits per heavy atom. The third-order valence-electron chi connectivity index (χ3n) is 4.30. The van der Waals surface area contributed by atoms with Crippen molar-refractivity contribution in [2.24, 2.45) is 13.0 Å². The minimum Gasteiger partial charge on any atom is -0.480 e. The van der Waals surface area contributed by atoms with Gasteiger partial charge in [-0.25, -0.2) is 0 Å². The molecule has 7 nitrogen and oxygen atoms in total. The predicted octanol–water partition coefficient (Wildman–Crippen LogP) is 2.57. The Labute approximate surface area is 162 Å². The number of nitrogens with zero attached hydrogens (tertiary/aromatic N) is 1. The minimum atomic E-state index is -1.14. The molecular weight excluding hydrogens is 370 g/mol. The number of nitrogens with one attached hydrogen (secondary N) is 2. The van der Waals surface area contributed by atoms with Gasteiger partial charge in [-0.3, -0.25) is 14.4 Å². The van der Waals surface area contributed by atoms with Gasteiger partial charge in [-0.05, 0) is 43.5 Å². The standard InChI is InChI=1S/C19H24ClN3O4/c1-10(2)7-14(17(24)21-11(3)19(26)27)22-18(25)16-9-12-8-13(20)5-6-15(12)23(16)4/h5-6,8-11,14H,7H2,1-4H3,(H,21,24)(H,22,25)(H,26,27). The number of carbonyl (C=O) groups is 3. The largest absolute Gasteiger partial charge is 0.480 e. The maximum Gasteiger partial charge on any atom is 0.325 e. The second-order valence-corrected chi connectivity index (χ2v) is 7.45. The van der Waals surface area contributed by atoms with Gasteiger partial charge >= 0.3 is 5.97 Å². The van der Waals surface area contributed by atoms with Gasteiger partial charge < -0.3 is 20.3 Å². The lowest BCUT2D eigenvalue weighted by atomic mass is 10.0. The van der Waals surface area contributed by atoms with Gasteiger partial charge in [0.15, 0.2) is 0 Å². The van der Waals surface area contributed by atoms with E-state index in [-0.39, 0.29) is 5.92 Å². The van der Waals surface area contributed by atoms with Crippen LogP contribution in [0.15, 0.2) is 24.3 Å². The Hall–Kier alpha value is -2.54. The van der Waals surface area contributed by atoms with Crippen LogP contribution in [0.25, 0.3) is 10.9 Å². The lowest BCUT2D eigenvalue weighted by molar-refractivity contribution is -0.141. The minimum absolute atomic E-state index is 0.132. The summed E-state index contributed by atoms with van der Waals surface area (Å²) >= 11 is 6.01. The maximum absolute atomic E-state index is 12.8. The molecule has 2 atom stereocenters. The van der Waals surface area contributed by atoms with E-state index in [4.69, 9.17) is 16.7 Å². The van der Waals surface area contributed by atoms with Crippen LogP contribution >= 0.6 is 11.6 Å². The first-order valence-corrected chi connectivity index (χ1v) is 9.07. The zero-order chi connectivity index (χ0) is 20.3. The Balaban J connectivity index is 2.24. The number of rotatable bonds is 7. The molecule has 0 saturated heterocycles. The van der Waals surface area contributed by atoms with Crippen LogP contribution < -0.4 is 10.6 Å². The van der Waals surface area contributed by atoms with E-state index in [0.717, 1.165) is 10.9 Å². The first-order valence-electron chi connectivity index (χ1n) is 8.69. The van der Waals surface area contributed by atoms with E-state index >= 15 is 0 Å². The molecule has 0 spiro atoms. The highest BCUT2D eigenvalue weighted by molar-refractivity contribution is 6.31. The number of hydrogen-bond acceptors (Lipinski definition) is 3. The van der Waals surface area contributed by atoms with Crippen LogP contribution in [0.2, 0.25) is 5.02 Å². The van der Waals surface area contributed by atoms with Crippen LogP contribution in [-0.4, -0.2) is 39.5 Å². The molecule has 1 heterocycles. The normalized spacial score (nSPS) is 13.4. The Bertz CT molecular complexity index is 875. The Morgan fingerprint density at radius 3 is 2.41 bits per heavy atom. The molecule has 146 valence electrons. The van der Waals surface area contributed by atoms with E-state index in [1.54, 1.807) is 29.8 Å². The van der Waals surface area contributed by atoms with Gasteiger partial charge in [-0.1, -0.05) is 25.4 Å². The third-order valence-corrected chi connectivity index (χ3v) is 4.53. The second-order valence-electron chi connectivity index (χ2n) is 7.02. The van der Waals surface area contributed by atoms with Gasteiger partial charge in [0.2, 0.25) is 5.91 Å². The van der Waals surface area contributed by atoms with E-state index in [9.17, 15) is 14.4 Å². The smallest absolute Gasteiger partial charge is 0.325 e. The summed E-state index contributed by atoms with van der Waals surface area (Å²) < 4.78 is 1.73. The lowest BCUT2D eigenvalue weighted by Crippen LogP contribution is -2.51.